The van der Waals surface area contributed by atoms with Crippen molar-refractivity contribution in [2.24, 2.45) is 0 Å². The van der Waals surface area contributed by atoms with Gasteiger partial charge in [0.25, 0.3) is 0 Å². The van der Waals surface area contributed by atoms with Crippen molar-refractivity contribution >= 4 is 0 Å². The van der Waals surface area contributed by atoms with Crippen molar-refractivity contribution in [3.8, 4) is 0 Å². The van der Waals surface area contributed by atoms with E-state index in [2.05, 4.69) is 5.32 Å². The third-order valence-electron chi connectivity index (χ3n) is 3.14. The molecule has 0 aliphatic heterocycles. The molecule has 3 atom stereocenters. The summed E-state index contributed by atoms with van der Waals surface area (Å²) in [5.41, 5.74) is -0.226. The normalized spacial score (nSPS) is 33.2. The molecule has 0 saturated heterocycles. The average Bonchev–Trinajstić information content (AvgIpc) is 2.52. The van der Waals surface area contributed by atoms with Crippen LogP contribution in [0.3, 0.4) is 0 Å². The lowest BCUT2D eigenvalue weighted by Crippen LogP contribution is -2.52. The SMILES string of the molecule is CCC(C)(CO)NC1CCCC1O. The number of rotatable bonds is 4. The molecule has 0 heterocycles. The van der Waals surface area contributed by atoms with Gasteiger partial charge < -0.3 is 15.5 Å². The zero-order valence-electron chi connectivity index (χ0n) is 8.58. The van der Waals surface area contributed by atoms with Gasteiger partial charge in [-0.15, -0.1) is 0 Å². The second-order valence-electron chi connectivity index (χ2n) is 4.32. The van der Waals surface area contributed by atoms with Crippen LogP contribution in [-0.2, 0) is 0 Å². The highest BCUT2D eigenvalue weighted by Gasteiger charge is 2.31. The van der Waals surface area contributed by atoms with E-state index in [0.717, 1.165) is 25.7 Å². The molecule has 0 bridgehead atoms. The van der Waals surface area contributed by atoms with E-state index in [1.54, 1.807) is 0 Å². The monoisotopic (exact) mass is 187 g/mol. The Bertz CT molecular complexity index is 157. The van der Waals surface area contributed by atoms with Crippen molar-refractivity contribution in [2.45, 2.75) is 57.2 Å². The number of aliphatic hydroxyl groups is 2. The van der Waals surface area contributed by atoms with Crippen LogP contribution in [0.4, 0.5) is 0 Å². The molecule has 0 radical (unpaired) electrons. The fourth-order valence-electron chi connectivity index (χ4n) is 1.82. The Kier molecular flexibility index (Phi) is 3.71. The molecule has 0 aromatic heterocycles. The van der Waals surface area contributed by atoms with Gasteiger partial charge in [0.2, 0.25) is 0 Å². The summed E-state index contributed by atoms with van der Waals surface area (Å²) in [4.78, 5) is 0. The molecular weight excluding hydrogens is 166 g/mol. The van der Waals surface area contributed by atoms with E-state index in [-0.39, 0.29) is 24.3 Å². The Labute approximate surface area is 80.2 Å². The Balaban J connectivity index is 2.45. The van der Waals surface area contributed by atoms with E-state index >= 15 is 0 Å². The van der Waals surface area contributed by atoms with Crippen molar-refractivity contribution in [3.63, 3.8) is 0 Å². The molecule has 1 rings (SSSR count). The van der Waals surface area contributed by atoms with Gasteiger partial charge in [0, 0.05) is 11.6 Å². The van der Waals surface area contributed by atoms with Crippen molar-refractivity contribution in [1.82, 2.24) is 5.32 Å². The van der Waals surface area contributed by atoms with Crippen LogP contribution in [0, 0.1) is 0 Å². The smallest absolute Gasteiger partial charge is 0.0693 e. The molecule has 78 valence electrons. The summed E-state index contributed by atoms with van der Waals surface area (Å²) in [5, 5.41) is 22.1. The van der Waals surface area contributed by atoms with E-state index in [0.29, 0.717) is 0 Å². The van der Waals surface area contributed by atoms with Crippen LogP contribution in [0.5, 0.6) is 0 Å². The molecule has 0 aromatic rings. The highest BCUT2D eigenvalue weighted by molar-refractivity contribution is 4.91. The van der Waals surface area contributed by atoms with Crippen LogP contribution in [-0.4, -0.2) is 34.5 Å². The van der Waals surface area contributed by atoms with Crippen LogP contribution in [0.1, 0.15) is 39.5 Å². The Morgan fingerprint density at radius 2 is 2.15 bits per heavy atom. The fourth-order valence-corrected chi connectivity index (χ4v) is 1.82. The van der Waals surface area contributed by atoms with Gasteiger partial charge in [-0.2, -0.15) is 0 Å². The van der Waals surface area contributed by atoms with Gasteiger partial charge >= 0.3 is 0 Å². The molecule has 3 heteroatoms. The van der Waals surface area contributed by atoms with Crippen molar-refractivity contribution < 1.29 is 10.2 Å². The predicted octanol–water partition coefficient (Wildman–Crippen LogP) is 0.650. The number of aliphatic hydroxyl groups excluding tert-OH is 2. The molecule has 0 spiro atoms. The molecule has 0 amide bonds. The third-order valence-corrected chi connectivity index (χ3v) is 3.14. The number of hydrogen-bond acceptors (Lipinski definition) is 3. The molecule has 1 saturated carbocycles. The lowest BCUT2D eigenvalue weighted by Gasteiger charge is -2.32. The fraction of sp³-hybridized carbons (Fsp3) is 1.00. The summed E-state index contributed by atoms with van der Waals surface area (Å²) in [6.07, 6.45) is 3.66. The lowest BCUT2D eigenvalue weighted by atomic mass is 9.98. The molecule has 0 aromatic carbocycles. The minimum atomic E-state index is -0.226. The van der Waals surface area contributed by atoms with Gasteiger partial charge in [0.05, 0.1) is 12.7 Å². The quantitative estimate of drug-likeness (QED) is 0.605. The van der Waals surface area contributed by atoms with E-state index < -0.39 is 0 Å². The van der Waals surface area contributed by atoms with Crippen molar-refractivity contribution in [1.29, 1.82) is 0 Å². The number of hydrogen-bond donors (Lipinski definition) is 3. The molecule has 3 unspecified atom stereocenters. The Morgan fingerprint density at radius 3 is 2.54 bits per heavy atom. The van der Waals surface area contributed by atoms with Gasteiger partial charge in [0.1, 0.15) is 0 Å². The first-order valence-electron chi connectivity index (χ1n) is 5.18. The highest BCUT2D eigenvalue weighted by Crippen LogP contribution is 2.22. The standard InChI is InChI=1S/C10H21NO2/c1-3-10(2,7-12)11-8-5-4-6-9(8)13/h8-9,11-13H,3-7H2,1-2H3. The molecule has 1 aliphatic carbocycles. The lowest BCUT2D eigenvalue weighted by molar-refractivity contribution is 0.101. The molecule has 13 heavy (non-hydrogen) atoms. The van der Waals surface area contributed by atoms with Crippen molar-refractivity contribution in [2.75, 3.05) is 6.61 Å². The van der Waals surface area contributed by atoms with Crippen LogP contribution in [0.25, 0.3) is 0 Å². The minimum absolute atomic E-state index is 0.132. The maximum Gasteiger partial charge on any atom is 0.0693 e. The molecule has 3 nitrogen and oxygen atoms in total. The predicted molar refractivity (Wildman–Crippen MR) is 52.6 cm³/mol. The maximum absolute atomic E-state index is 9.60. The molecule has 1 aliphatic rings. The van der Waals surface area contributed by atoms with Crippen LogP contribution < -0.4 is 5.32 Å². The summed E-state index contributed by atoms with van der Waals surface area (Å²) >= 11 is 0. The zero-order chi connectivity index (χ0) is 9.90. The zero-order valence-corrected chi connectivity index (χ0v) is 8.58. The number of nitrogens with one attached hydrogen (secondary N) is 1. The van der Waals surface area contributed by atoms with E-state index in [1.165, 1.54) is 0 Å². The van der Waals surface area contributed by atoms with Gasteiger partial charge in [-0.1, -0.05) is 6.92 Å². The Hall–Kier alpha value is -0.120. The van der Waals surface area contributed by atoms with Gasteiger partial charge in [-0.05, 0) is 32.6 Å². The summed E-state index contributed by atoms with van der Waals surface area (Å²) < 4.78 is 0. The Morgan fingerprint density at radius 1 is 1.46 bits per heavy atom. The summed E-state index contributed by atoms with van der Waals surface area (Å²) in [7, 11) is 0. The summed E-state index contributed by atoms with van der Waals surface area (Å²) in [6, 6.07) is 0.178. The van der Waals surface area contributed by atoms with Crippen molar-refractivity contribution in [3.05, 3.63) is 0 Å². The first-order chi connectivity index (χ1) is 6.11. The van der Waals surface area contributed by atoms with E-state index in [1.807, 2.05) is 13.8 Å². The van der Waals surface area contributed by atoms with Crippen LogP contribution >= 0.6 is 0 Å². The maximum atomic E-state index is 9.60. The van der Waals surface area contributed by atoms with Crippen LogP contribution in [0.2, 0.25) is 0 Å². The average molecular weight is 187 g/mol. The third kappa shape index (κ3) is 2.66. The second kappa shape index (κ2) is 4.40. The first-order valence-corrected chi connectivity index (χ1v) is 5.18. The highest BCUT2D eigenvalue weighted by atomic mass is 16.3. The van der Waals surface area contributed by atoms with Gasteiger partial charge in [-0.25, -0.2) is 0 Å². The van der Waals surface area contributed by atoms with Gasteiger partial charge in [0.15, 0.2) is 0 Å². The van der Waals surface area contributed by atoms with Crippen LogP contribution in [0.15, 0.2) is 0 Å². The van der Waals surface area contributed by atoms with E-state index in [4.69, 9.17) is 0 Å². The topological polar surface area (TPSA) is 52.5 Å². The summed E-state index contributed by atoms with van der Waals surface area (Å²) in [6.45, 7) is 4.18. The molecule has 1 fully saturated rings. The van der Waals surface area contributed by atoms with E-state index in [9.17, 15) is 10.2 Å². The first kappa shape index (κ1) is 11.0. The second-order valence-corrected chi connectivity index (χ2v) is 4.32. The largest absolute Gasteiger partial charge is 0.394 e. The molecular formula is C10H21NO2. The summed E-state index contributed by atoms with van der Waals surface area (Å²) in [5.74, 6) is 0. The van der Waals surface area contributed by atoms with Gasteiger partial charge in [-0.3, -0.25) is 0 Å². The molecule has 3 N–H and O–H groups in total. The minimum Gasteiger partial charge on any atom is -0.394 e.